The number of ether oxygens (including phenoxy) is 1. The van der Waals surface area contributed by atoms with Gasteiger partial charge in [0, 0.05) is 21.2 Å². The van der Waals surface area contributed by atoms with E-state index in [1.807, 2.05) is 12.1 Å². The van der Waals surface area contributed by atoms with Crippen molar-refractivity contribution >= 4 is 15.7 Å². The van der Waals surface area contributed by atoms with Gasteiger partial charge in [0.05, 0.1) is 19.2 Å². The molecule has 0 amide bonds. The molecule has 1 aliphatic heterocycles. The average Bonchev–Trinajstić information content (AvgIpc) is 2.58. The second-order valence-corrected chi connectivity index (χ2v) is 10.2. The highest BCUT2D eigenvalue weighted by Gasteiger charge is 2.31. The fraction of sp³-hybridized carbons (Fsp3) is 0.526. The van der Waals surface area contributed by atoms with Gasteiger partial charge in [-0.25, -0.2) is 13.4 Å². The number of carbonyl (C=O) groups excluding carboxylic acids is 1. The van der Waals surface area contributed by atoms with E-state index in [0.29, 0.717) is 23.6 Å². The van der Waals surface area contributed by atoms with Crippen LogP contribution in [-0.4, -0.2) is 28.8 Å². The van der Waals surface area contributed by atoms with Crippen molar-refractivity contribution in [2.24, 2.45) is 15.2 Å². The summed E-state index contributed by atoms with van der Waals surface area (Å²) in [6.07, 6.45) is 4.33. The molecule has 1 aromatic rings. The van der Waals surface area contributed by atoms with Gasteiger partial charge in [0.15, 0.2) is 0 Å². The van der Waals surface area contributed by atoms with E-state index >= 15 is 0 Å². The third-order valence-corrected chi connectivity index (χ3v) is 7.03. The van der Waals surface area contributed by atoms with Crippen molar-refractivity contribution in [1.82, 2.24) is 0 Å². The molecule has 0 atom stereocenters. The lowest BCUT2D eigenvalue weighted by atomic mass is 9.89. The topological polar surface area (TPSA) is 55.7 Å². The minimum Gasteiger partial charge on any atom is -0.465 e. The van der Waals surface area contributed by atoms with Gasteiger partial charge >= 0.3 is 5.97 Å². The van der Waals surface area contributed by atoms with Crippen LogP contribution >= 0.6 is 0 Å². The largest absolute Gasteiger partial charge is 0.465 e. The Morgan fingerprint density at radius 3 is 2.04 bits per heavy atom. The van der Waals surface area contributed by atoms with Gasteiger partial charge in [-0.3, -0.25) is 0 Å². The highest BCUT2D eigenvalue weighted by molar-refractivity contribution is 7.93. The monoisotopic (exact) mass is 349 g/mol. The number of benzene rings is 1. The van der Waals surface area contributed by atoms with Crippen molar-refractivity contribution in [2.75, 3.05) is 18.6 Å². The minimum absolute atomic E-state index is 0.122. The van der Waals surface area contributed by atoms with Gasteiger partial charge in [-0.05, 0) is 28.5 Å². The fourth-order valence-electron chi connectivity index (χ4n) is 2.91. The lowest BCUT2D eigenvalue weighted by Crippen LogP contribution is -2.26. The van der Waals surface area contributed by atoms with Crippen molar-refractivity contribution in [3.05, 3.63) is 47.5 Å². The summed E-state index contributed by atoms with van der Waals surface area (Å²) in [5.74, 6) is 0.781. The van der Waals surface area contributed by atoms with Crippen LogP contribution in [0.25, 0.3) is 0 Å². The quantitative estimate of drug-likeness (QED) is 0.611. The first-order valence-corrected chi connectivity index (χ1v) is 9.96. The van der Waals surface area contributed by atoms with E-state index in [-0.39, 0.29) is 16.8 Å². The van der Waals surface area contributed by atoms with Crippen LogP contribution in [0.4, 0.5) is 0 Å². The molecule has 0 aromatic heterocycles. The first kappa shape index (κ1) is 18.7. The Morgan fingerprint density at radius 2 is 1.58 bits per heavy atom. The Labute approximate surface area is 145 Å². The van der Waals surface area contributed by atoms with E-state index in [4.69, 9.17) is 4.74 Å². The number of allylic oxidation sites excluding steroid dienone is 2. The molecule has 0 N–H and O–H groups in total. The Hall–Kier alpha value is -1.62. The van der Waals surface area contributed by atoms with Gasteiger partial charge in [-0.1, -0.05) is 52.0 Å². The Kier molecular flexibility index (Phi) is 5.23. The number of esters is 1. The van der Waals surface area contributed by atoms with Crippen LogP contribution in [0.5, 0.6) is 0 Å². The molecule has 0 radical (unpaired) electrons. The number of rotatable bonds is 3. The minimum atomic E-state index is -2.30. The average molecular weight is 349 g/mol. The molecule has 4 nitrogen and oxygen atoms in total. The van der Waals surface area contributed by atoms with E-state index in [1.165, 1.54) is 7.11 Å². The predicted molar refractivity (Wildman–Crippen MR) is 98.5 cm³/mol. The molecule has 24 heavy (non-hydrogen) atoms. The van der Waals surface area contributed by atoms with Gasteiger partial charge in [-0.2, -0.15) is 0 Å². The Morgan fingerprint density at radius 1 is 1.08 bits per heavy atom. The molecule has 0 saturated carbocycles. The molecule has 0 fully saturated rings. The van der Waals surface area contributed by atoms with Crippen LogP contribution in [-0.2, 0) is 21.0 Å². The van der Waals surface area contributed by atoms with E-state index in [2.05, 4.69) is 44.2 Å². The maximum atomic E-state index is 13.4. The van der Waals surface area contributed by atoms with Gasteiger partial charge in [0.25, 0.3) is 0 Å². The summed E-state index contributed by atoms with van der Waals surface area (Å²) in [5.41, 5.74) is 1.20. The van der Waals surface area contributed by atoms with E-state index in [0.717, 1.165) is 5.56 Å². The smallest absolute Gasteiger partial charge is 0.337 e. The predicted octanol–water partition coefficient (Wildman–Crippen LogP) is 4.06. The van der Waals surface area contributed by atoms with Crippen molar-refractivity contribution in [3.63, 3.8) is 0 Å². The van der Waals surface area contributed by atoms with Crippen LogP contribution in [0.1, 0.15) is 43.6 Å². The van der Waals surface area contributed by atoms with Crippen LogP contribution in [0, 0.1) is 10.8 Å². The summed E-state index contributed by atoms with van der Waals surface area (Å²) < 4.78 is 22.7. The Bertz CT molecular complexity index is 725. The summed E-state index contributed by atoms with van der Waals surface area (Å²) in [6, 6.07) is 7.10. The van der Waals surface area contributed by atoms with Crippen LogP contribution in [0.15, 0.2) is 40.8 Å². The number of hydrogen-bond donors (Lipinski definition) is 0. The molecule has 5 heteroatoms. The van der Waals surface area contributed by atoms with Gasteiger partial charge in [-0.15, -0.1) is 0 Å². The Balaban J connectivity index is 2.23. The van der Waals surface area contributed by atoms with Crippen molar-refractivity contribution < 1.29 is 13.7 Å². The molecule has 0 spiro atoms. The summed E-state index contributed by atoms with van der Waals surface area (Å²) in [4.78, 5) is 11.5. The normalized spacial score (nSPS) is 20.9. The van der Waals surface area contributed by atoms with E-state index in [9.17, 15) is 9.00 Å². The lowest BCUT2D eigenvalue weighted by Gasteiger charge is -2.22. The zero-order valence-electron chi connectivity index (χ0n) is 15.2. The van der Waals surface area contributed by atoms with Gasteiger partial charge in [0.2, 0.25) is 0 Å². The molecule has 1 aliphatic rings. The fourth-order valence-corrected chi connectivity index (χ4v) is 6.10. The maximum Gasteiger partial charge on any atom is 0.337 e. The van der Waals surface area contributed by atoms with Crippen LogP contribution in [0.3, 0.4) is 0 Å². The first-order chi connectivity index (χ1) is 11.0. The van der Waals surface area contributed by atoms with Gasteiger partial charge < -0.3 is 4.74 Å². The molecule has 1 aromatic carbocycles. The van der Waals surface area contributed by atoms with E-state index < -0.39 is 9.73 Å². The van der Waals surface area contributed by atoms with Crippen LogP contribution in [0.2, 0.25) is 0 Å². The standard InChI is InChI=1S/C19H27NO3S/c1-18(2)10-11-19(3,4)14-24(22,13-18)20-12-15-6-8-16(9-7-15)17(21)23-5/h6-11H,12-14H2,1-5H3. The third-order valence-electron chi connectivity index (χ3n) is 4.04. The third kappa shape index (κ3) is 4.94. The van der Waals surface area contributed by atoms with Crippen LogP contribution < -0.4 is 0 Å². The number of nitrogens with zero attached hydrogens (tertiary/aromatic N) is 1. The van der Waals surface area contributed by atoms with Crippen molar-refractivity contribution in [3.8, 4) is 0 Å². The summed E-state index contributed by atoms with van der Waals surface area (Å²) in [5, 5.41) is 0. The lowest BCUT2D eigenvalue weighted by molar-refractivity contribution is 0.0600. The second kappa shape index (κ2) is 6.71. The van der Waals surface area contributed by atoms with Crippen molar-refractivity contribution in [2.45, 2.75) is 34.2 Å². The van der Waals surface area contributed by atoms with E-state index in [1.54, 1.807) is 12.1 Å². The SMILES string of the molecule is COC(=O)c1ccc(CN=S2(=O)CC(C)(C)C=CC(C)(C)C2)cc1. The molecule has 0 aliphatic carbocycles. The number of methoxy groups -OCH3 is 1. The summed E-state index contributed by atoms with van der Waals surface area (Å²) >= 11 is 0. The highest BCUT2D eigenvalue weighted by atomic mass is 32.2. The maximum absolute atomic E-state index is 13.4. The molecule has 132 valence electrons. The number of carbonyl (C=O) groups is 1. The zero-order valence-corrected chi connectivity index (χ0v) is 16.0. The van der Waals surface area contributed by atoms with Gasteiger partial charge in [0.1, 0.15) is 0 Å². The summed E-state index contributed by atoms with van der Waals surface area (Å²) in [7, 11) is -0.940. The molecule has 0 saturated heterocycles. The van der Waals surface area contributed by atoms with Crippen molar-refractivity contribution in [1.29, 1.82) is 0 Å². The highest BCUT2D eigenvalue weighted by Crippen LogP contribution is 2.33. The molecular formula is C19H27NO3S. The molecule has 0 bridgehead atoms. The molecule has 0 unspecified atom stereocenters. The molecule has 2 rings (SSSR count). The second-order valence-electron chi connectivity index (χ2n) is 7.85. The molecular weight excluding hydrogens is 322 g/mol. The number of hydrogen-bond acceptors (Lipinski definition) is 4. The summed E-state index contributed by atoms with van der Waals surface area (Å²) in [6.45, 7) is 8.80. The first-order valence-electron chi connectivity index (χ1n) is 8.10. The molecule has 1 heterocycles. The zero-order chi connectivity index (χ0) is 18.0.